The smallest absolute Gasteiger partial charge is 0.328 e. The zero-order chi connectivity index (χ0) is 10.0. The van der Waals surface area contributed by atoms with Gasteiger partial charge in [-0.05, 0) is 20.8 Å². The van der Waals surface area contributed by atoms with Crippen LogP contribution in [0.3, 0.4) is 0 Å². The first-order valence-corrected chi connectivity index (χ1v) is 4.15. The van der Waals surface area contributed by atoms with Crippen molar-refractivity contribution in [3.63, 3.8) is 0 Å². The van der Waals surface area contributed by atoms with E-state index < -0.39 is 0 Å². The molecule has 72 valence electrons. The number of hydrogen-bond donors (Lipinski definition) is 0. The Bertz CT molecular complexity index is 317. The van der Waals surface area contributed by atoms with Gasteiger partial charge in [0, 0.05) is 5.69 Å². The predicted molar refractivity (Wildman–Crippen MR) is 48.4 cm³/mol. The lowest BCUT2D eigenvalue weighted by Gasteiger charge is -2.12. The molecule has 0 unspecified atom stereocenters. The first kappa shape index (κ1) is 9.77. The Morgan fingerprint density at radius 2 is 2.23 bits per heavy atom. The third kappa shape index (κ3) is 1.71. The molecule has 4 heteroatoms. The van der Waals surface area contributed by atoms with E-state index in [4.69, 9.17) is 0 Å². The molecule has 4 nitrogen and oxygen atoms in total. The van der Waals surface area contributed by atoms with Crippen LogP contribution in [-0.4, -0.2) is 22.6 Å². The summed E-state index contributed by atoms with van der Waals surface area (Å²) in [7, 11) is 1.39. The Hall–Kier alpha value is -1.32. The topological polar surface area (TPSA) is 44.1 Å². The van der Waals surface area contributed by atoms with Crippen molar-refractivity contribution in [2.75, 3.05) is 7.11 Å². The quantitative estimate of drug-likeness (QED) is 0.646. The molecule has 0 saturated carbocycles. The van der Waals surface area contributed by atoms with Crippen molar-refractivity contribution < 1.29 is 9.53 Å². The van der Waals surface area contributed by atoms with Gasteiger partial charge in [0.1, 0.15) is 6.04 Å². The zero-order valence-corrected chi connectivity index (χ0v) is 8.37. The number of aryl methyl sites for hydroxylation is 1. The number of imidazole rings is 1. The Kier molecular flexibility index (Phi) is 2.70. The number of rotatable bonds is 2. The number of hydrogen-bond acceptors (Lipinski definition) is 3. The first-order valence-electron chi connectivity index (χ1n) is 4.15. The molecule has 13 heavy (non-hydrogen) atoms. The molecule has 1 heterocycles. The zero-order valence-electron chi connectivity index (χ0n) is 8.37. The largest absolute Gasteiger partial charge is 0.467 e. The maximum atomic E-state index is 11.2. The van der Waals surface area contributed by atoms with Crippen LogP contribution >= 0.6 is 0 Å². The summed E-state index contributed by atoms with van der Waals surface area (Å²) < 4.78 is 6.45. The first-order chi connectivity index (χ1) is 6.07. The molecule has 0 N–H and O–H groups in total. The second kappa shape index (κ2) is 3.60. The van der Waals surface area contributed by atoms with E-state index in [9.17, 15) is 4.79 Å². The molecule has 0 aliphatic carbocycles. The molecule has 0 spiro atoms. The van der Waals surface area contributed by atoms with Gasteiger partial charge in [-0.25, -0.2) is 9.78 Å². The molecule has 0 aliphatic heterocycles. The van der Waals surface area contributed by atoms with E-state index in [2.05, 4.69) is 9.72 Å². The highest BCUT2D eigenvalue weighted by atomic mass is 16.5. The monoisotopic (exact) mass is 182 g/mol. The number of carbonyl (C=O) groups is 1. The van der Waals surface area contributed by atoms with Crippen LogP contribution in [0.25, 0.3) is 0 Å². The van der Waals surface area contributed by atoms with Gasteiger partial charge in [-0.1, -0.05) is 0 Å². The molecule has 0 aliphatic rings. The van der Waals surface area contributed by atoms with Crippen molar-refractivity contribution in [1.82, 2.24) is 9.55 Å². The predicted octanol–water partition coefficient (Wildman–Crippen LogP) is 1.23. The molecule has 0 bridgehead atoms. The van der Waals surface area contributed by atoms with Gasteiger partial charge in [-0.3, -0.25) is 0 Å². The van der Waals surface area contributed by atoms with Crippen LogP contribution < -0.4 is 0 Å². The van der Waals surface area contributed by atoms with Gasteiger partial charge >= 0.3 is 5.97 Å². The van der Waals surface area contributed by atoms with Crippen molar-refractivity contribution in [2.24, 2.45) is 0 Å². The van der Waals surface area contributed by atoms with Gasteiger partial charge in [0.05, 0.1) is 19.1 Å². The summed E-state index contributed by atoms with van der Waals surface area (Å²) in [5.41, 5.74) is 1.94. The molecule has 1 aromatic heterocycles. The molecule has 1 atom stereocenters. The van der Waals surface area contributed by atoms with Crippen LogP contribution in [0.15, 0.2) is 6.33 Å². The summed E-state index contributed by atoms with van der Waals surface area (Å²) in [6, 6.07) is -0.300. The Balaban J connectivity index is 2.95. The minimum Gasteiger partial charge on any atom is -0.467 e. The minimum atomic E-state index is -0.300. The molecule has 0 fully saturated rings. The highest BCUT2D eigenvalue weighted by Crippen LogP contribution is 2.13. The maximum absolute atomic E-state index is 11.2. The number of esters is 1. The van der Waals surface area contributed by atoms with E-state index in [0.717, 1.165) is 11.4 Å². The fourth-order valence-electron chi connectivity index (χ4n) is 1.19. The van der Waals surface area contributed by atoms with Crippen molar-refractivity contribution in [2.45, 2.75) is 26.8 Å². The number of nitrogens with zero attached hydrogens (tertiary/aromatic N) is 2. The lowest BCUT2D eigenvalue weighted by molar-refractivity contribution is -0.144. The van der Waals surface area contributed by atoms with E-state index in [-0.39, 0.29) is 12.0 Å². The molecule has 1 rings (SSSR count). The molecular weight excluding hydrogens is 168 g/mol. The summed E-state index contributed by atoms with van der Waals surface area (Å²) in [6.45, 7) is 5.64. The molecule has 1 aromatic rings. The van der Waals surface area contributed by atoms with Crippen LogP contribution in [0.1, 0.15) is 24.4 Å². The van der Waals surface area contributed by atoms with E-state index in [1.165, 1.54) is 7.11 Å². The second-order valence-corrected chi connectivity index (χ2v) is 3.02. The van der Waals surface area contributed by atoms with E-state index in [0.29, 0.717) is 0 Å². The molecule has 0 aromatic carbocycles. The average Bonchev–Trinajstić information content (AvgIpc) is 2.45. The molecule has 0 radical (unpaired) electrons. The van der Waals surface area contributed by atoms with Crippen LogP contribution in [0.5, 0.6) is 0 Å². The Labute approximate surface area is 77.5 Å². The fraction of sp³-hybridized carbons (Fsp3) is 0.556. The Morgan fingerprint density at radius 1 is 1.62 bits per heavy atom. The van der Waals surface area contributed by atoms with Gasteiger partial charge in [0.25, 0.3) is 0 Å². The molecule has 0 amide bonds. The number of methoxy groups -OCH3 is 1. The van der Waals surface area contributed by atoms with Gasteiger partial charge < -0.3 is 9.30 Å². The molecule has 0 saturated heterocycles. The number of ether oxygens (including phenoxy) is 1. The summed E-state index contributed by atoms with van der Waals surface area (Å²) in [6.07, 6.45) is 1.66. The van der Waals surface area contributed by atoms with E-state index in [1.807, 2.05) is 13.8 Å². The summed E-state index contributed by atoms with van der Waals surface area (Å²) >= 11 is 0. The van der Waals surface area contributed by atoms with Crippen molar-refractivity contribution in [3.05, 3.63) is 17.7 Å². The standard InChI is InChI=1S/C9H14N2O2/c1-6-7(2)11(5-10-6)8(3)9(12)13-4/h5,8H,1-4H3/t8-/m1/s1. The second-order valence-electron chi connectivity index (χ2n) is 3.02. The van der Waals surface area contributed by atoms with Crippen LogP contribution in [-0.2, 0) is 9.53 Å². The highest BCUT2D eigenvalue weighted by molar-refractivity contribution is 5.73. The maximum Gasteiger partial charge on any atom is 0.328 e. The lowest BCUT2D eigenvalue weighted by atomic mass is 10.3. The van der Waals surface area contributed by atoms with Crippen LogP contribution in [0.2, 0.25) is 0 Å². The van der Waals surface area contributed by atoms with Crippen LogP contribution in [0.4, 0.5) is 0 Å². The van der Waals surface area contributed by atoms with Crippen molar-refractivity contribution >= 4 is 5.97 Å². The minimum absolute atomic E-state index is 0.250. The summed E-state index contributed by atoms with van der Waals surface area (Å²) in [5.74, 6) is -0.250. The summed E-state index contributed by atoms with van der Waals surface area (Å²) in [4.78, 5) is 15.3. The van der Waals surface area contributed by atoms with E-state index in [1.54, 1.807) is 17.8 Å². The van der Waals surface area contributed by atoms with E-state index >= 15 is 0 Å². The SMILES string of the molecule is COC(=O)[C@@H](C)n1cnc(C)c1C. The fourth-order valence-corrected chi connectivity index (χ4v) is 1.19. The number of carbonyl (C=O) groups excluding carboxylic acids is 1. The summed E-state index contributed by atoms with van der Waals surface area (Å²) in [5, 5.41) is 0. The highest BCUT2D eigenvalue weighted by Gasteiger charge is 2.17. The van der Waals surface area contributed by atoms with Gasteiger partial charge in [-0.15, -0.1) is 0 Å². The van der Waals surface area contributed by atoms with Gasteiger partial charge in [-0.2, -0.15) is 0 Å². The molecular formula is C9H14N2O2. The van der Waals surface area contributed by atoms with Gasteiger partial charge in [0.15, 0.2) is 0 Å². The number of aromatic nitrogens is 2. The van der Waals surface area contributed by atoms with Crippen LogP contribution in [0, 0.1) is 13.8 Å². The normalized spacial score (nSPS) is 12.6. The van der Waals surface area contributed by atoms with Gasteiger partial charge in [0.2, 0.25) is 0 Å². The Morgan fingerprint density at radius 3 is 2.62 bits per heavy atom. The average molecular weight is 182 g/mol. The third-order valence-electron chi connectivity index (χ3n) is 2.25. The van der Waals surface area contributed by atoms with Crippen molar-refractivity contribution in [3.8, 4) is 0 Å². The van der Waals surface area contributed by atoms with Crippen molar-refractivity contribution in [1.29, 1.82) is 0 Å². The third-order valence-corrected chi connectivity index (χ3v) is 2.25. The lowest BCUT2D eigenvalue weighted by Crippen LogP contribution is -2.18.